The maximum Gasteiger partial charge on any atom is 0.148 e. The Balaban J connectivity index is 1.68. The Kier molecular flexibility index (Phi) is 5.33. The minimum atomic E-state index is 0.00348. The van der Waals surface area contributed by atoms with Crippen molar-refractivity contribution in [3.8, 4) is 11.3 Å². The zero-order valence-electron chi connectivity index (χ0n) is 15.7. The van der Waals surface area contributed by atoms with Crippen LogP contribution in [-0.4, -0.2) is 16.7 Å². The number of hydrogen-bond donors (Lipinski definition) is 2. The molecule has 4 nitrogen and oxygen atoms in total. The molecular formula is C22H26N4. The fourth-order valence-electron chi connectivity index (χ4n) is 2.86. The molecule has 1 aromatic heterocycles. The Morgan fingerprint density at radius 2 is 1.73 bits per heavy atom. The summed E-state index contributed by atoms with van der Waals surface area (Å²) in [4.78, 5) is 0. The standard InChI is InChI=1S/C22H26N4/c1-16-7-9-19(10-8-16)22(2,3)15-24-21-12-11-20(25-26-21)18-6-4-5-17(13-18)14-23/h4-13H,14-15,23H2,1-3H3,(H,24,26). The summed E-state index contributed by atoms with van der Waals surface area (Å²) in [6.07, 6.45) is 0. The summed E-state index contributed by atoms with van der Waals surface area (Å²) >= 11 is 0. The molecule has 0 spiro atoms. The van der Waals surface area contributed by atoms with Crippen molar-refractivity contribution in [1.82, 2.24) is 10.2 Å². The number of rotatable bonds is 6. The molecule has 0 aliphatic heterocycles. The van der Waals surface area contributed by atoms with Crippen molar-refractivity contribution in [3.05, 3.63) is 77.4 Å². The Hall–Kier alpha value is -2.72. The Morgan fingerprint density at radius 1 is 0.962 bits per heavy atom. The maximum atomic E-state index is 5.71. The van der Waals surface area contributed by atoms with Gasteiger partial charge in [-0.25, -0.2) is 0 Å². The predicted molar refractivity (Wildman–Crippen MR) is 108 cm³/mol. The van der Waals surface area contributed by atoms with Crippen LogP contribution in [0.25, 0.3) is 11.3 Å². The number of nitrogens with zero attached hydrogens (tertiary/aromatic N) is 2. The average Bonchev–Trinajstić information content (AvgIpc) is 2.67. The lowest BCUT2D eigenvalue weighted by molar-refractivity contribution is 0.555. The van der Waals surface area contributed by atoms with Gasteiger partial charge in [0, 0.05) is 24.1 Å². The highest BCUT2D eigenvalue weighted by Gasteiger charge is 2.20. The molecule has 134 valence electrons. The Morgan fingerprint density at radius 3 is 2.38 bits per heavy atom. The third-order valence-electron chi connectivity index (χ3n) is 4.67. The Bertz CT molecular complexity index is 852. The van der Waals surface area contributed by atoms with E-state index in [1.807, 2.05) is 30.3 Å². The second-order valence-corrected chi connectivity index (χ2v) is 7.31. The van der Waals surface area contributed by atoms with Gasteiger partial charge in [-0.3, -0.25) is 0 Å². The van der Waals surface area contributed by atoms with Crippen molar-refractivity contribution in [1.29, 1.82) is 0 Å². The van der Waals surface area contributed by atoms with E-state index >= 15 is 0 Å². The molecule has 0 fully saturated rings. The number of anilines is 1. The van der Waals surface area contributed by atoms with Gasteiger partial charge in [-0.1, -0.05) is 61.9 Å². The second kappa shape index (κ2) is 7.67. The summed E-state index contributed by atoms with van der Waals surface area (Å²) in [6.45, 7) is 7.87. The molecule has 3 rings (SSSR count). The number of aryl methyl sites for hydroxylation is 1. The van der Waals surface area contributed by atoms with E-state index < -0.39 is 0 Å². The lowest BCUT2D eigenvalue weighted by Crippen LogP contribution is -2.28. The molecule has 2 aromatic carbocycles. The molecule has 0 aliphatic rings. The third-order valence-corrected chi connectivity index (χ3v) is 4.67. The molecule has 0 amide bonds. The van der Waals surface area contributed by atoms with Crippen LogP contribution in [0.1, 0.15) is 30.5 Å². The number of benzene rings is 2. The van der Waals surface area contributed by atoms with Gasteiger partial charge >= 0.3 is 0 Å². The smallest absolute Gasteiger partial charge is 0.148 e. The lowest BCUT2D eigenvalue weighted by atomic mass is 9.84. The zero-order valence-corrected chi connectivity index (χ0v) is 15.7. The normalized spacial score (nSPS) is 11.4. The van der Waals surface area contributed by atoms with Gasteiger partial charge in [0.1, 0.15) is 5.82 Å². The molecule has 1 heterocycles. The van der Waals surface area contributed by atoms with Gasteiger partial charge in [-0.05, 0) is 36.2 Å². The van der Waals surface area contributed by atoms with Gasteiger partial charge in [0.15, 0.2) is 0 Å². The largest absolute Gasteiger partial charge is 0.368 e. The fourth-order valence-corrected chi connectivity index (χ4v) is 2.86. The molecule has 26 heavy (non-hydrogen) atoms. The highest BCUT2D eigenvalue weighted by atomic mass is 15.2. The maximum absolute atomic E-state index is 5.71. The van der Waals surface area contributed by atoms with Crippen LogP contribution in [0.4, 0.5) is 5.82 Å². The number of nitrogens with one attached hydrogen (secondary N) is 1. The molecule has 0 aliphatic carbocycles. The monoisotopic (exact) mass is 346 g/mol. The van der Waals surface area contributed by atoms with Crippen molar-refractivity contribution in [3.63, 3.8) is 0 Å². The number of hydrogen-bond acceptors (Lipinski definition) is 4. The SMILES string of the molecule is Cc1ccc(C(C)(C)CNc2ccc(-c3cccc(CN)c3)nn2)cc1. The van der Waals surface area contributed by atoms with Gasteiger partial charge in [0.05, 0.1) is 5.69 Å². The van der Waals surface area contributed by atoms with Gasteiger partial charge in [-0.2, -0.15) is 0 Å². The first-order valence-corrected chi connectivity index (χ1v) is 8.92. The summed E-state index contributed by atoms with van der Waals surface area (Å²) in [5.41, 5.74) is 11.3. The van der Waals surface area contributed by atoms with Crippen molar-refractivity contribution < 1.29 is 0 Å². The van der Waals surface area contributed by atoms with Gasteiger partial charge < -0.3 is 11.1 Å². The fraction of sp³-hybridized carbons (Fsp3) is 0.273. The first kappa shape index (κ1) is 18.1. The highest BCUT2D eigenvalue weighted by molar-refractivity contribution is 5.60. The number of nitrogens with two attached hydrogens (primary N) is 1. The summed E-state index contributed by atoms with van der Waals surface area (Å²) in [5, 5.41) is 12.1. The van der Waals surface area contributed by atoms with E-state index in [2.05, 4.69) is 66.6 Å². The third kappa shape index (κ3) is 4.27. The zero-order chi connectivity index (χ0) is 18.6. The van der Waals surface area contributed by atoms with E-state index in [9.17, 15) is 0 Å². The summed E-state index contributed by atoms with van der Waals surface area (Å²) in [7, 11) is 0. The molecule has 0 bridgehead atoms. The molecule has 0 saturated heterocycles. The average molecular weight is 346 g/mol. The van der Waals surface area contributed by atoms with Crippen LogP contribution in [0.2, 0.25) is 0 Å². The quantitative estimate of drug-likeness (QED) is 0.698. The van der Waals surface area contributed by atoms with E-state index in [1.165, 1.54) is 11.1 Å². The van der Waals surface area contributed by atoms with Crippen LogP contribution in [0.3, 0.4) is 0 Å². The van der Waals surface area contributed by atoms with Crippen LogP contribution in [0, 0.1) is 6.92 Å². The van der Waals surface area contributed by atoms with Crippen molar-refractivity contribution in [2.24, 2.45) is 5.73 Å². The van der Waals surface area contributed by atoms with Crippen LogP contribution >= 0.6 is 0 Å². The summed E-state index contributed by atoms with van der Waals surface area (Å²) in [6, 6.07) is 20.7. The van der Waals surface area contributed by atoms with E-state index in [0.29, 0.717) is 6.54 Å². The summed E-state index contributed by atoms with van der Waals surface area (Å²) in [5.74, 6) is 0.781. The van der Waals surface area contributed by atoms with Crippen LogP contribution in [0.15, 0.2) is 60.7 Å². The molecule has 0 unspecified atom stereocenters. The summed E-state index contributed by atoms with van der Waals surface area (Å²) < 4.78 is 0. The highest BCUT2D eigenvalue weighted by Crippen LogP contribution is 2.24. The minimum absolute atomic E-state index is 0.00348. The van der Waals surface area contributed by atoms with Gasteiger partial charge in [0.2, 0.25) is 0 Å². The molecule has 0 radical (unpaired) electrons. The first-order valence-electron chi connectivity index (χ1n) is 8.92. The predicted octanol–water partition coefficient (Wildman–Crippen LogP) is 4.30. The second-order valence-electron chi connectivity index (χ2n) is 7.31. The van der Waals surface area contributed by atoms with Gasteiger partial charge in [0.25, 0.3) is 0 Å². The first-order chi connectivity index (χ1) is 12.5. The van der Waals surface area contributed by atoms with Gasteiger partial charge in [-0.15, -0.1) is 10.2 Å². The van der Waals surface area contributed by atoms with Crippen LogP contribution in [-0.2, 0) is 12.0 Å². The minimum Gasteiger partial charge on any atom is -0.368 e. The molecule has 3 aromatic rings. The van der Waals surface area contributed by atoms with E-state index in [4.69, 9.17) is 5.73 Å². The molecule has 3 N–H and O–H groups in total. The van der Waals surface area contributed by atoms with E-state index in [1.54, 1.807) is 0 Å². The topological polar surface area (TPSA) is 63.8 Å². The lowest BCUT2D eigenvalue weighted by Gasteiger charge is -2.26. The van der Waals surface area contributed by atoms with E-state index in [0.717, 1.165) is 29.2 Å². The molecule has 4 heteroatoms. The molecular weight excluding hydrogens is 320 g/mol. The Labute approximate surface area is 155 Å². The number of aromatic nitrogens is 2. The van der Waals surface area contributed by atoms with E-state index in [-0.39, 0.29) is 5.41 Å². The molecule has 0 saturated carbocycles. The van der Waals surface area contributed by atoms with Crippen molar-refractivity contribution in [2.75, 3.05) is 11.9 Å². The van der Waals surface area contributed by atoms with Crippen LogP contribution in [0.5, 0.6) is 0 Å². The van der Waals surface area contributed by atoms with Crippen molar-refractivity contribution >= 4 is 5.82 Å². The molecule has 0 atom stereocenters. The van der Waals surface area contributed by atoms with Crippen LogP contribution < -0.4 is 11.1 Å². The van der Waals surface area contributed by atoms with Crippen molar-refractivity contribution in [2.45, 2.75) is 32.7 Å².